The molecule has 1 heterocycles. The molecule has 142 valence electrons. The lowest BCUT2D eigenvalue weighted by Crippen LogP contribution is -2.11. The van der Waals surface area contributed by atoms with E-state index in [9.17, 15) is 4.79 Å². The number of halogens is 1. The Balaban J connectivity index is 1.56. The zero-order valence-corrected chi connectivity index (χ0v) is 15.7. The number of rotatable bonds is 12. The maximum Gasteiger partial charge on any atom is 0.323 e. The molecular formula is C19H25ClN2O4. The number of aryl methyl sites for hydroxylation is 1. The first kappa shape index (κ1) is 20.1. The van der Waals surface area contributed by atoms with Crippen LogP contribution in [0.15, 0.2) is 30.6 Å². The van der Waals surface area contributed by atoms with Gasteiger partial charge < -0.3 is 19.1 Å². The van der Waals surface area contributed by atoms with Gasteiger partial charge in [0.2, 0.25) is 0 Å². The molecule has 2 rings (SSSR count). The van der Waals surface area contributed by atoms with E-state index in [0.29, 0.717) is 23.1 Å². The lowest BCUT2D eigenvalue weighted by molar-refractivity contribution is -0.137. The zero-order chi connectivity index (χ0) is 18.8. The Morgan fingerprint density at radius 2 is 2.00 bits per heavy atom. The van der Waals surface area contributed by atoms with Crippen LogP contribution in [0.4, 0.5) is 0 Å². The van der Waals surface area contributed by atoms with E-state index in [4.69, 9.17) is 26.2 Å². The second kappa shape index (κ2) is 10.7. The van der Waals surface area contributed by atoms with Crippen molar-refractivity contribution in [1.29, 1.82) is 0 Å². The molecule has 0 amide bonds. The van der Waals surface area contributed by atoms with Gasteiger partial charge in [-0.3, -0.25) is 4.79 Å². The lowest BCUT2D eigenvalue weighted by atomic mass is 10.1. The average molecular weight is 381 g/mol. The largest absolute Gasteiger partial charge is 0.497 e. The quantitative estimate of drug-likeness (QED) is 0.558. The third kappa shape index (κ3) is 6.59. The molecule has 0 aliphatic heterocycles. The number of hydrogen-bond donors (Lipinski definition) is 1. The summed E-state index contributed by atoms with van der Waals surface area (Å²) in [5, 5.41) is 9.41. The van der Waals surface area contributed by atoms with Gasteiger partial charge in [-0.2, -0.15) is 0 Å². The van der Waals surface area contributed by atoms with Crippen LogP contribution in [0.2, 0.25) is 5.02 Å². The highest BCUT2D eigenvalue weighted by Gasteiger charge is 2.06. The highest BCUT2D eigenvalue weighted by atomic mass is 35.5. The fourth-order valence-corrected chi connectivity index (χ4v) is 2.91. The van der Waals surface area contributed by atoms with Crippen LogP contribution in [0, 0.1) is 0 Å². The number of aliphatic carboxylic acids is 1. The third-order valence-corrected chi connectivity index (χ3v) is 4.34. The van der Waals surface area contributed by atoms with E-state index in [1.807, 2.05) is 12.1 Å². The molecule has 0 atom stereocenters. The maximum absolute atomic E-state index is 10.8. The monoisotopic (exact) mass is 380 g/mol. The van der Waals surface area contributed by atoms with Crippen molar-refractivity contribution in [1.82, 2.24) is 9.55 Å². The molecule has 0 bridgehead atoms. The molecule has 0 aliphatic carbocycles. The molecule has 1 N–H and O–H groups in total. The number of nitrogens with zero attached hydrogens (tertiary/aromatic N) is 2. The number of unbranched alkanes of at least 4 members (excludes halogenated alkanes) is 4. The summed E-state index contributed by atoms with van der Waals surface area (Å²) >= 11 is 6.13. The molecule has 0 spiro atoms. The Morgan fingerprint density at radius 3 is 2.73 bits per heavy atom. The molecule has 0 radical (unpaired) electrons. The second-order valence-electron chi connectivity index (χ2n) is 6.03. The molecule has 1 aromatic carbocycles. The van der Waals surface area contributed by atoms with Crippen molar-refractivity contribution in [3.63, 3.8) is 0 Å². The van der Waals surface area contributed by atoms with E-state index >= 15 is 0 Å². The average Bonchev–Trinajstić information content (AvgIpc) is 3.04. The van der Waals surface area contributed by atoms with Crippen LogP contribution in [-0.2, 0) is 17.8 Å². The number of hydrogen-bond acceptors (Lipinski definition) is 4. The Kier molecular flexibility index (Phi) is 8.28. The van der Waals surface area contributed by atoms with Crippen molar-refractivity contribution in [3.8, 4) is 11.5 Å². The van der Waals surface area contributed by atoms with Crippen LogP contribution in [-0.4, -0.2) is 34.3 Å². The Bertz CT molecular complexity index is 703. The number of methoxy groups -OCH3 is 1. The van der Waals surface area contributed by atoms with E-state index in [0.717, 1.165) is 44.3 Å². The molecule has 0 unspecified atom stereocenters. The summed E-state index contributed by atoms with van der Waals surface area (Å²) in [6.07, 6.45) is 9.42. The van der Waals surface area contributed by atoms with Crippen LogP contribution in [0.5, 0.6) is 11.5 Å². The van der Waals surface area contributed by atoms with E-state index in [-0.39, 0.29) is 6.54 Å². The van der Waals surface area contributed by atoms with Crippen molar-refractivity contribution in [2.45, 2.75) is 45.1 Å². The predicted molar refractivity (Wildman–Crippen MR) is 100 cm³/mol. The van der Waals surface area contributed by atoms with Crippen LogP contribution in [0.1, 0.15) is 37.9 Å². The molecule has 2 aromatic rings. The van der Waals surface area contributed by atoms with Crippen LogP contribution < -0.4 is 9.47 Å². The van der Waals surface area contributed by atoms with E-state index < -0.39 is 5.97 Å². The first-order valence-corrected chi connectivity index (χ1v) is 9.16. The predicted octanol–water partition coefficient (Wildman–Crippen LogP) is 4.20. The summed E-state index contributed by atoms with van der Waals surface area (Å²) < 4.78 is 12.5. The minimum Gasteiger partial charge on any atom is -0.497 e. The lowest BCUT2D eigenvalue weighted by Gasteiger charge is -2.09. The van der Waals surface area contributed by atoms with Crippen LogP contribution in [0.3, 0.4) is 0 Å². The summed E-state index contributed by atoms with van der Waals surface area (Å²) in [5.41, 5.74) is 0. The molecule has 7 heteroatoms. The van der Waals surface area contributed by atoms with Gasteiger partial charge in [0.25, 0.3) is 0 Å². The fourth-order valence-electron chi connectivity index (χ4n) is 2.68. The summed E-state index contributed by atoms with van der Waals surface area (Å²) in [6, 6.07) is 5.39. The number of aromatic nitrogens is 2. The van der Waals surface area contributed by atoms with Gasteiger partial charge in [-0.05, 0) is 25.0 Å². The van der Waals surface area contributed by atoms with Gasteiger partial charge in [-0.25, -0.2) is 4.98 Å². The number of carbonyl (C=O) groups is 1. The van der Waals surface area contributed by atoms with Crippen molar-refractivity contribution in [2.24, 2.45) is 0 Å². The highest BCUT2D eigenvalue weighted by molar-refractivity contribution is 6.32. The number of carboxylic acids is 1. The number of carboxylic acid groups (broad SMARTS) is 1. The molecule has 0 saturated heterocycles. The summed E-state index contributed by atoms with van der Waals surface area (Å²) in [4.78, 5) is 15.0. The topological polar surface area (TPSA) is 73.6 Å². The molecule has 0 fully saturated rings. The first-order chi connectivity index (χ1) is 12.6. The second-order valence-corrected chi connectivity index (χ2v) is 6.43. The molecular weight excluding hydrogens is 356 g/mol. The Labute approximate surface area is 158 Å². The minimum absolute atomic E-state index is 0.0272. The molecule has 26 heavy (non-hydrogen) atoms. The van der Waals surface area contributed by atoms with Crippen molar-refractivity contribution < 1.29 is 19.4 Å². The Morgan fingerprint density at radius 1 is 1.23 bits per heavy atom. The van der Waals surface area contributed by atoms with Gasteiger partial charge in [0.15, 0.2) is 0 Å². The standard InChI is InChI=1S/C19H25ClN2O4/c1-25-15-8-9-17(16(20)13-15)26-12-6-4-2-3-5-7-18-21-10-11-22(18)14-19(23)24/h8-11,13H,2-7,12,14H2,1H3,(H,23,24). The van der Waals surface area contributed by atoms with Gasteiger partial charge in [0.1, 0.15) is 23.9 Å². The smallest absolute Gasteiger partial charge is 0.323 e. The first-order valence-electron chi connectivity index (χ1n) is 8.78. The van der Waals surface area contributed by atoms with Gasteiger partial charge in [0.05, 0.1) is 18.7 Å². The van der Waals surface area contributed by atoms with Crippen molar-refractivity contribution in [2.75, 3.05) is 13.7 Å². The zero-order valence-electron chi connectivity index (χ0n) is 15.0. The molecule has 0 saturated carbocycles. The Hall–Kier alpha value is -2.21. The van der Waals surface area contributed by atoms with E-state index in [1.54, 1.807) is 30.1 Å². The van der Waals surface area contributed by atoms with Gasteiger partial charge in [-0.1, -0.05) is 30.9 Å². The number of imidazole rings is 1. The van der Waals surface area contributed by atoms with Gasteiger partial charge >= 0.3 is 5.97 Å². The van der Waals surface area contributed by atoms with Crippen LogP contribution in [0.25, 0.3) is 0 Å². The molecule has 0 aliphatic rings. The highest BCUT2D eigenvalue weighted by Crippen LogP contribution is 2.28. The number of ether oxygens (including phenoxy) is 2. The molecule has 6 nitrogen and oxygen atoms in total. The normalized spacial score (nSPS) is 10.7. The third-order valence-electron chi connectivity index (χ3n) is 4.05. The van der Waals surface area contributed by atoms with E-state index in [2.05, 4.69) is 4.98 Å². The van der Waals surface area contributed by atoms with Crippen molar-refractivity contribution in [3.05, 3.63) is 41.4 Å². The van der Waals surface area contributed by atoms with Gasteiger partial charge in [0, 0.05) is 24.9 Å². The van der Waals surface area contributed by atoms with E-state index in [1.165, 1.54) is 0 Å². The SMILES string of the molecule is COc1ccc(OCCCCCCCc2nccn2CC(=O)O)c(Cl)c1. The van der Waals surface area contributed by atoms with Crippen molar-refractivity contribution >= 4 is 17.6 Å². The summed E-state index contributed by atoms with van der Waals surface area (Å²) in [7, 11) is 1.60. The molecule has 1 aromatic heterocycles. The summed E-state index contributed by atoms with van der Waals surface area (Å²) in [5.74, 6) is 1.38. The van der Waals surface area contributed by atoms with Crippen LogP contribution >= 0.6 is 11.6 Å². The van der Waals surface area contributed by atoms with Gasteiger partial charge in [-0.15, -0.1) is 0 Å². The maximum atomic E-state index is 10.8. The number of benzene rings is 1. The fraction of sp³-hybridized carbons (Fsp3) is 0.474. The summed E-state index contributed by atoms with van der Waals surface area (Å²) in [6.45, 7) is 0.607. The minimum atomic E-state index is -0.846.